The number of rotatable bonds is 4. The van der Waals surface area contributed by atoms with Crippen molar-refractivity contribution in [3.8, 4) is 5.75 Å². The van der Waals surface area contributed by atoms with Crippen LogP contribution in [0.2, 0.25) is 0 Å². The lowest BCUT2D eigenvalue weighted by atomic mass is 9.99. The maximum atomic E-state index is 11.9. The van der Waals surface area contributed by atoms with Crippen LogP contribution in [0.25, 0.3) is 0 Å². The highest BCUT2D eigenvalue weighted by molar-refractivity contribution is 5.86. The molecule has 22 heavy (non-hydrogen) atoms. The van der Waals surface area contributed by atoms with Gasteiger partial charge in [0.05, 0.1) is 0 Å². The van der Waals surface area contributed by atoms with Gasteiger partial charge in [0.15, 0.2) is 6.61 Å². The zero-order valence-corrected chi connectivity index (χ0v) is 13.7. The monoisotopic (exact) mass is 302 g/mol. The molecule has 1 fully saturated rings. The fraction of sp³-hybridized carbons (Fsp3) is 0.556. The lowest BCUT2D eigenvalue weighted by Gasteiger charge is -2.12. The number of amides is 1. The van der Waals surface area contributed by atoms with Crippen molar-refractivity contribution in [1.82, 2.24) is 5.43 Å². The number of ether oxygens (including phenoxy) is 1. The number of benzene rings is 1. The average Bonchev–Trinajstić information content (AvgIpc) is 2.47. The number of nitrogens with zero attached hydrogens (tertiary/aromatic N) is 1. The molecule has 1 aliphatic rings. The van der Waals surface area contributed by atoms with Crippen LogP contribution < -0.4 is 10.2 Å². The molecule has 0 aromatic heterocycles. The van der Waals surface area contributed by atoms with Crippen molar-refractivity contribution in [3.05, 3.63) is 29.3 Å². The minimum absolute atomic E-state index is 0.00106. The Bertz CT molecular complexity index is 528. The minimum atomic E-state index is -0.199. The molecular formula is C18H26N2O2. The van der Waals surface area contributed by atoms with Crippen LogP contribution in [-0.4, -0.2) is 18.2 Å². The van der Waals surface area contributed by atoms with E-state index in [1.165, 1.54) is 32.1 Å². The molecule has 2 rings (SSSR count). The van der Waals surface area contributed by atoms with Crippen LogP contribution >= 0.6 is 0 Å². The molecule has 0 spiro atoms. The number of aryl methyl sites for hydroxylation is 2. The highest BCUT2D eigenvalue weighted by atomic mass is 16.5. The standard InChI is InChI=1S/C18H26N2O2/c1-14-10-11-15(2)17(12-14)22-13-18(21)20-19-16-8-6-4-3-5-7-9-16/h10-12H,3-9,13H2,1-2H3,(H,20,21). The van der Waals surface area contributed by atoms with E-state index in [0.717, 1.165) is 35.4 Å². The lowest BCUT2D eigenvalue weighted by Crippen LogP contribution is -2.26. The van der Waals surface area contributed by atoms with E-state index in [0.29, 0.717) is 0 Å². The maximum Gasteiger partial charge on any atom is 0.277 e. The Balaban J connectivity index is 1.80. The molecule has 1 aromatic rings. The molecule has 1 aromatic carbocycles. The third kappa shape index (κ3) is 5.51. The summed E-state index contributed by atoms with van der Waals surface area (Å²) in [6, 6.07) is 5.98. The first kappa shape index (κ1) is 16.5. The predicted octanol–water partition coefficient (Wildman–Crippen LogP) is 3.90. The molecule has 1 amide bonds. The fourth-order valence-corrected chi connectivity index (χ4v) is 2.61. The topological polar surface area (TPSA) is 50.7 Å². The summed E-state index contributed by atoms with van der Waals surface area (Å²) >= 11 is 0. The van der Waals surface area contributed by atoms with Gasteiger partial charge < -0.3 is 4.74 Å². The lowest BCUT2D eigenvalue weighted by molar-refractivity contribution is -0.123. The summed E-state index contributed by atoms with van der Waals surface area (Å²) in [5, 5.41) is 4.27. The third-order valence-electron chi connectivity index (χ3n) is 3.97. The van der Waals surface area contributed by atoms with Crippen molar-refractivity contribution in [3.63, 3.8) is 0 Å². The molecule has 0 unspecified atom stereocenters. The van der Waals surface area contributed by atoms with E-state index < -0.39 is 0 Å². The third-order valence-corrected chi connectivity index (χ3v) is 3.97. The van der Waals surface area contributed by atoms with Crippen LogP contribution in [0.4, 0.5) is 0 Å². The van der Waals surface area contributed by atoms with E-state index in [1.807, 2.05) is 32.0 Å². The second-order valence-corrected chi connectivity index (χ2v) is 6.04. The quantitative estimate of drug-likeness (QED) is 0.858. The first-order valence-electron chi connectivity index (χ1n) is 8.19. The van der Waals surface area contributed by atoms with E-state index in [1.54, 1.807) is 0 Å². The first-order valence-corrected chi connectivity index (χ1v) is 8.19. The van der Waals surface area contributed by atoms with E-state index in [2.05, 4.69) is 10.5 Å². The van der Waals surface area contributed by atoms with Crippen LogP contribution in [0.1, 0.15) is 56.1 Å². The Kier molecular flexibility index (Phi) is 6.44. The van der Waals surface area contributed by atoms with Gasteiger partial charge in [-0.25, -0.2) is 5.43 Å². The number of carbonyl (C=O) groups excluding carboxylic acids is 1. The highest BCUT2D eigenvalue weighted by Crippen LogP contribution is 2.19. The molecule has 4 heteroatoms. The Hall–Kier alpha value is -1.84. The Morgan fingerprint density at radius 1 is 1.14 bits per heavy atom. The highest BCUT2D eigenvalue weighted by Gasteiger charge is 2.07. The summed E-state index contributed by atoms with van der Waals surface area (Å²) in [6.45, 7) is 3.98. The number of nitrogens with one attached hydrogen (secondary N) is 1. The second-order valence-electron chi connectivity index (χ2n) is 6.04. The van der Waals surface area contributed by atoms with Gasteiger partial charge in [-0.05, 0) is 56.7 Å². The number of hydrazone groups is 1. The van der Waals surface area contributed by atoms with E-state index in [9.17, 15) is 4.79 Å². The van der Waals surface area contributed by atoms with Gasteiger partial charge in [-0.1, -0.05) is 31.4 Å². The summed E-state index contributed by atoms with van der Waals surface area (Å²) < 4.78 is 5.58. The second kappa shape index (κ2) is 8.57. The van der Waals surface area contributed by atoms with Crippen LogP contribution in [0.3, 0.4) is 0 Å². The normalized spacial score (nSPS) is 15.6. The Morgan fingerprint density at radius 2 is 1.82 bits per heavy atom. The van der Waals surface area contributed by atoms with Crippen LogP contribution in [0, 0.1) is 13.8 Å². The average molecular weight is 302 g/mol. The van der Waals surface area contributed by atoms with Crippen molar-refractivity contribution in [1.29, 1.82) is 0 Å². The predicted molar refractivity (Wildman–Crippen MR) is 89.3 cm³/mol. The number of hydrogen-bond donors (Lipinski definition) is 1. The molecule has 1 aliphatic carbocycles. The molecule has 1 saturated carbocycles. The van der Waals surface area contributed by atoms with Gasteiger partial charge in [0.25, 0.3) is 5.91 Å². The number of carbonyl (C=O) groups is 1. The first-order chi connectivity index (χ1) is 10.6. The van der Waals surface area contributed by atoms with Crippen molar-refractivity contribution in [2.45, 2.75) is 58.8 Å². The van der Waals surface area contributed by atoms with Crippen molar-refractivity contribution < 1.29 is 9.53 Å². The summed E-state index contributed by atoms with van der Waals surface area (Å²) in [4.78, 5) is 11.9. The van der Waals surface area contributed by atoms with Crippen LogP contribution in [-0.2, 0) is 4.79 Å². The van der Waals surface area contributed by atoms with E-state index in [4.69, 9.17) is 4.74 Å². The van der Waals surface area contributed by atoms with Gasteiger partial charge in [-0.15, -0.1) is 0 Å². The fourth-order valence-electron chi connectivity index (χ4n) is 2.61. The number of hydrogen-bond acceptors (Lipinski definition) is 3. The van der Waals surface area contributed by atoms with Gasteiger partial charge in [0.2, 0.25) is 0 Å². The largest absolute Gasteiger partial charge is 0.483 e. The zero-order valence-electron chi connectivity index (χ0n) is 13.7. The zero-order chi connectivity index (χ0) is 15.8. The van der Waals surface area contributed by atoms with Gasteiger partial charge >= 0.3 is 0 Å². The van der Waals surface area contributed by atoms with E-state index in [-0.39, 0.29) is 12.5 Å². The summed E-state index contributed by atoms with van der Waals surface area (Å²) in [7, 11) is 0. The maximum absolute atomic E-state index is 11.9. The van der Waals surface area contributed by atoms with Gasteiger partial charge in [0, 0.05) is 5.71 Å². The van der Waals surface area contributed by atoms with Crippen molar-refractivity contribution in [2.75, 3.05) is 6.61 Å². The Morgan fingerprint density at radius 3 is 2.55 bits per heavy atom. The smallest absolute Gasteiger partial charge is 0.277 e. The van der Waals surface area contributed by atoms with E-state index >= 15 is 0 Å². The van der Waals surface area contributed by atoms with Crippen LogP contribution in [0.5, 0.6) is 5.75 Å². The molecule has 0 saturated heterocycles. The molecule has 0 radical (unpaired) electrons. The molecule has 0 bridgehead atoms. The van der Waals surface area contributed by atoms with Gasteiger partial charge in [-0.3, -0.25) is 4.79 Å². The summed E-state index contributed by atoms with van der Waals surface area (Å²) in [6.07, 6.45) is 8.20. The molecule has 1 N–H and O–H groups in total. The van der Waals surface area contributed by atoms with Gasteiger partial charge in [0.1, 0.15) is 5.75 Å². The molecule has 0 heterocycles. The molecule has 120 valence electrons. The van der Waals surface area contributed by atoms with Crippen molar-refractivity contribution >= 4 is 11.6 Å². The van der Waals surface area contributed by atoms with Gasteiger partial charge in [-0.2, -0.15) is 5.10 Å². The van der Waals surface area contributed by atoms with Crippen LogP contribution in [0.15, 0.2) is 23.3 Å². The van der Waals surface area contributed by atoms with Crippen molar-refractivity contribution in [2.24, 2.45) is 5.10 Å². The molecule has 0 aliphatic heterocycles. The summed E-state index contributed by atoms with van der Waals surface area (Å²) in [5.41, 5.74) is 5.89. The molecule has 4 nitrogen and oxygen atoms in total. The minimum Gasteiger partial charge on any atom is -0.483 e. The Labute approximate surface area is 132 Å². The SMILES string of the molecule is Cc1ccc(C)c(OCC(=O)NN=C2CCCCCCC2)c1. The summed E-state index contributed by atoms with van der Waals surface area (Å²) in [5.74, 6) is 0.559. The molecular weight excluding hydrogens is 276 g/mol. The molecule has 0 atom stereocenters.